The van der Waals surface area contributed by atoms with Crippen molar-refractivity contribution in [3.05, 3.63) is 77.7 Å². The van der Waals surface area contributed by atoms with Crippen LogP contribution in [0.4, 0.5) is 10.2 Å². The van der Waals surface area contributed by atoms with E-state index in [1.807, 2.05) is 18.3 Å². The number of hydrogen-bond donors (Lipinski definition) is 0. The Bertz CT molecular complexity index is 1310. The molecule has 198 valence electrons. The molecule has 0 N–H and O–H groups in total. The van der Waals surface area contributed by atoms with Gasteiger partial charge in [-0.15, -0.1) is 0 Å². The second-order valence-corrected chi connectivity index (χ2v) is 9.74. The van der Waals surface area contributed by atoms with Crippen molar-refractivity contribution in [2.24, 2.45) is 11.0 Å². The summed E-state index contributed by atoms with van der Waals surface area (Å²) in [5.74, 6) is 1.21. The number of piperidine rings is 1. The van der Waals surface area contributed by atoms with Crippen molar-refractivity contribution in [3.8, 4) is 16.9 Å². The molecule has 1 fully saturated rings. The Hall–Kier alpha value is -3.78. The SMILES string of the molecule is COCCOc1ccc(C)c(-c2ccnc(N3CCC(C(=O)N4N=CCC4c4ccccc4F)CC3)c2)c1. The molecule has 7 nitrogen and oxygen atoms in total. The highest BCUT2D eigenvalue weighted by Gasteiger charge is 2.35. The van der Waals surface area contributed by atoms with Gasteiger partial charge in [0.2, 0.25) is 5.91 Å². The van der Waals surface area contributed by atoms with Crippen LogP contribution in [0, 0.1) is 18.7 Å². The minimum absolute atomic E-state index is 0.0331. The van der Waals surface area contributed by atoms with E-state index in [2.05, 4.69) is 40.1 Å². The fourth-order valence-corrected chi connectivity index (χ4v) is 5.18. The molecule has 0 bridgehead atoms. The molecule has 3 aromatic rings. The van der Waals surface area contributed by atoms with E-state index in [0.29, 0.717) is 51.1 Å². The molecule has 5 rings (SSSR count). The van der Waals surface area contributed by atoms with Crippen LogP contribution < -0.4 is 9.64 Å². The molecule has 3 heterocycles. The van der Waals surface area contributed by atoms with Crippen LogP contribution in [0.2, 0.25) is 0 Å². The molecule has 0 saturated carbocycles. The first-order chi connectivity index (χ1) is 18.5. The molecule has 2 aliphatic rings. The Morgan fingerprint density at radius 3 is 2.68 bits per heavy atom. The van der Waals surface area contributed by atoms with Crippen molar-refractivity contribution in [2.45, 2.75) is 32.2 Å². The number of aromatic nitrogens is 1. The average Bonchev–Trinajstić information content (AvgIpc) is 3.44. The topological polar surface area (TPSA) is 67.3 Å². The normalized spacial score (nSPS) is 17.7. The predicted octanol–water partition coefficient (Wildman–Crippen LogP) is 5.40. The maximum Gasteiger partial charge on any atom is 0.246 e. The summed E-state index contributed by atoms with van der Waals surface area (Å²) in [5.41, 5.74) is 3.84. The molecule has 1 unspecified atom stereocenters. The highest BCUT2D eigenvalue weighted by molar-refractivity contribution is 5.82. The Morgan fingerprint density at radius 2 is 1.89 bits per heavy atom. The molecule has 0 aliphatic carbocycles. The summed E-state index contributed by atoms with van der Waals surface area (Å²) in [7, 11) is 1.66. The zero-order valence-electron chi connectivity index (χ0n) is 21.8. The van der Waals surface area contributed by atoms with Gasteiger partial charge in [0.25, 0.3) is 0 Å². The number of aryl methyl sites for hydroxylation is 1. The lowest BCUT2D eigenvalue weighted by Gasteiger charge is -2.34. The Labute approximate surface area is 222 Å². The number of hydrazone groups is 1. The van der Waals surface area contributed by atoms with E-state index in [1.54, 1.807) is 31.5 Å². The number of rotatable bonds is 8. The van der Waals surface area contributed by atoms with Gasteiger partial charge in [-0.2, -0.15) is 5.10 Å². The van der Waals surface area contributed by atoms with Crippen LogP contribution >= 0.6 is 0 Å². The van der Waals surface area contributed by atoms with Crippen molar-refractivity contribution < 1.29 is 18.7 Å². The van der Waals surface area contributed by atoms with Gasteiger partial charge in [-0.05, 0) is 66.8 Å². The van der Waals surface area contributed by atoms with Crippen LogP contribution in [0.25, 0.3) is 11.1 Å². The number of nitrogens with zero attached hydrogens (tertiary/aromatic N) is 4. The Kier molecular flexibility index (Phi) is 7.98. The fourth-order valence-electron chi connectivity index (χ4n) is 5.18. The molecular weight excluding hydrogens is 483 g/mol. The molecule has 38 heavy (non-hydrogen) atoms. The molecule has 2 aliphatic heterocycles. The van der Waals surface area contributed by atoms with Gasteiger partial charge in [-0.3, -0.25) is 4.79 Å². The van der Waals surface area contributed by atoms with Gasteiger partial charge < -0.3 is 14.4 Å². The number of pyridine rings is 1. The van der Waals surface area contributed by atoms with Gasteiger partial charge in [0.15, 0.2) is 0 Å². The van der Waals surface area contributed by atoms with E-state index in [-0.39, 0.29) is 23.7 Å². The lowest BCUT2D eigenvalue weighted by molar-refractivity contribution is -0.138. The minimum atomic E-state index is -0.377. The molecule has 0 radical (unpaired) electrons. The number of hydrogen-bond acceptors (Lipinski definition) is 6. The van der Waals surface area contributed by atoms with Crippen LogP contribution in [0.3, 0.4) is 0 Å². The smallest absolute Gasteiger partial charge is 0.246 e. The summed E-state index contributed by atoms with van der Waals surface area (Å²) in [5, 5.41) is 5.81. The Morgan fingerprint density at radius 1 is 1.08 bits per heavy atom. The second kappa shape index (κ2) is 11.7. The molecule has 8 heteroatoms. The molecule has 1 atom stereocenters. The zero-order chi connectivity index (χ0) is 26.5. The summed E-state index contributed by atoms with van der Waals surface area (Å²) < 4.78 is 25.3. The molecular formula is C30H33FN4O3. The van der Waals surface area contributed by atoms with Crippen molar-refractivity contribution >= 4 is 17.9 Å². The summed E-state index contributed by atoms with van der Waals surface area (Å²) in [4.78, 5) is 20.2. The third-order valence-corrected chi connectivity index (χ3v) is 7.31. The number of benzene rings is 2. The van der Waals surface area contributed by atoms with Crippen molar-refractivity contribution in [1.82, 2.24) is 9.99 Å². The van der Waals surface area contributed by atoms with Crippen LogP contribution in [0.5, 0.6) is 5.75 Å². The first kappa shape index (κ1) is 25.9. The van der Waals surface area contributed by atoms with E-state index >= 15 is 0 Å². The van der Waals surface area contributed by atoms with Crippen molar-refractivity contribution in [3.63, 3.8) is 0 Å². The fraction of sp³-hybridized carbons (Fsp3) is 0.367. The van der Waals surface area contributed by atoms with Crippen molar-refractivity contribution in [1.29, 1.82) is 0 Å². The van der Waals surface area contributed by atoms with E-state index in [1.165, 1.54) is 11.1 Å². The quantitative estimate of drug-likeness (QED) is 0.375. The monoisotopic (exact) mass is 516 g/mol. The van der Waals surface area contributed by atoms with Gasteiger partial charge in [0.05, 0.1) is 12.6 Å². The third kappa shape index (κ3) is 5.55. The Balaban J connectivity index is 1.25. The van der Waals surface area contributed by atoms with Gasteiger partial charge in [-0.1, -0.05) is 24.3 Å². The number of carbonyl (C=O) groups excluding carboxylic acids is 1. The van der Waals surface area contributed by atoms with Gasteiger partial charge >= 0.3 is 0 Å². The second-order valence-electron chi connectivity index (χ2n) is 9.74. The van der Waals surface area contributed by atoms with Crippen LogP contribution in [0.15, 0.2) is 65.9 Å². The standard InChI is InChI=1S/C30H33FN4O3/c1-21-7-8-24(38-18-17-37-2)20-26(21)23-9-13-32-29(19-23)34-15-11-22(12-16-34)30(36)35-28(10-14-33-35)25-5-3-4-6-27(25)31/h3-9,13-14,19-20,22,28H,10-12,15-18H2,1-2H3. The average molecular weight is 517 g/mol. The lowest BCUT2D eigenvalue weighted by atomic mass is 9.94. The highest BCUT2D eigenvalue weighted by atomic mass is 19.1. The maximum atomic E-state index is 14.4. The minimum Gasteiger partial charge on any atom is -0.491 e. The van der Waals surface area contributed by atoms with E-state index in [0.717, 1.165) is 28.3 Å². The summed E-state index contributed by atoms with van der Waals surface area (Å²) >= 11 is 0. The third-order valence-electron chi connectivity index (χ3n) is 7.31. The number of anilines is 1. The highest BCUT2D eigenvalue weighted by Crippen LogP contribution is 2.34. The number of halogens is 1. The zero-order valence-corrected chi connectivity index (χ0v) is 21.8. The first-order valence-corrected chi connectivity index (χ1v) is 13.1. The van der Waals surface area contributed by atoms with Crippen LogP contribution in [0.1, 0.15) is 36.4 Å². The molecule has 0 spiro atoms. The van der Waals surface area contributed by atoms with E-state index in [9.17, 15) is 9.18 Å². The van der Waals surface area contributed by atoms with Gasteiger partial charge in [-0.25, -0.2) is 14.4 Å². The summed E-state index contributed by atoms with van der Waals surface area (Å²) in [6, 6.07) is 16.4. The number of amides is 1. The van der Waals surface area contributed by atoms with Crippen molar-refractivity contribution in [2.75, 3.05) is 38.3 Å². The number of carbonyl (C=O) groups is 1. The molecule has 1 aromatic heterocycles. The van der Waals surface area contributed by atoms with E-state index in [4.69, 9.17) is 9.47 Å². The predicted molar refractivity (Wildman–Crippen MR) is 146 cm³/mol. The van der Waals surface area contributed by atoms with Gasteiger partial charge in [0, 0.05) is 50.5 Å². The number of ether oxygens (including phenoxy) is 2. The largest absolute Gasteiger partial charge is 0.491 e. The van der Waals surface area contributed by atoms with E-state index < -0.39 is 0 Å². The molecule has 1 saturated heterocycles. The lowest BCUT2D eigenvalue weighted by Crippen LogP contribution is -2.41. The van der Waals surface area contributed by atoms with Gasteiger partial charge in [0.1, 0.15) is 24.0 Å². The van der Waals surface area contributed by atoms with Crippen LogP contribution in [-0.2, 0) is 9.53 Å². The maximum absolute atomic E-state index is 14.4. The molecule has 2 aromatic carbocycles. The number of methoxy groups -OCH3 is 1. The van der Waals surface area contributed by atoms with Crippen LogP contribution in [-0.4, -0.2) is 55.5 Å². The first-order valence-electron chi connectivity index (χ1n) is 13.1. The summed E-state index contributed by atoms with van der Waals surface area (Å²) in [6.07, 6.45) is 5.46. The molecule has 1 amide bonds. The summed E-state index contributed by atoms with van der Waals surface area (Å²) in [6.45, 7) is 4.55.